The van der Waals surface area contributed by atoms with Gasteiger partial charge in [-0.15, -0.1) is 0 Å². The van der Waals surface area contributed by atoms with E-state index in [9.17, 15) is 24.0 Å². The molecule has 0 spiro atoms. The molecule has 0 bridgehead atoms. The summed E-state index contributed by atoms with van der Waals surface area (Å²) in [6, 6.07) is 21.6. The van der Waals surface area contributed by atoms with Crippen molar-refractivity contribution in [1.82, 2.24) is 19.6 Å². The van der Waals surface area contributed by atoms with E-state index >= 15 is 0 Å². The van der Waals surface area contributed by atoms with Crippen LogP contribution in [0.2, 0.25) is 0 Å². The second kappa shape index (κ2) is 20.7. The van der Waals surface area contributed by atoms with Crippen molar-refractivity contribution in [3.8, 4) is 5.75 Å². The van der Waals surface area contributed by atoms with Gasteiger partial charge in [0.2, 0.25) is 5.54 Å². The highest BCUT2D eigenvalue weighted by Gasteiger charge is 2.57. The first kappa shape index (κ1) is 45.4. The molecule has 3 aromatic carbocycles. The largest absolute Gasteiger partial charge is 0.488 e. The summed E-state index contributed by atoms with van der Waals surface area (Å²) in [7, 11) is 0. The number of carbonyl (C=O) groups is 5. The van der Waals surface area contributed by atoms with Gasteiger partial charge in [-0.1, -0.05) is 60.7 Å². The molecule has 3 saturated heterocycles. The molecule has 63 heavy (non-hydrogen) atoms. The maximum absolute atomic E-state index is 14.7. The first-order valence-corrected chi connectivity index (χ1v) is 22.7. The van der Waals surface area contributed by atoms with Gasteiger partial charge in [0, 0.05) is 76.6 Å². The van der Waals surface area contributed by atoms with E-state index in [4.69, 9.17) is 18.9 Å². The molecule has 1 radical (unpaired) electrons. The highest BCUT2D eigenvalue weighted by molar-refractivity contribution is 5.91. The van der Waals surface area contributed by atoms with Gasteiger partial charge in [-0.25, -0.2) is 14.4 Å². The summed E-state index contributed by atoms with van der Waals surface area (Å²) in [5.41, 5.74) is 4.68. The Bertz CT molecular complexity index is 2070. The number of hydrogen-bond donors (Lipinski definition) is 1. The zero-order chi connectivity index (χ0) is 44.5. The summed E-state index contributed by atoms with van der Waals surface area (Å²) in [5.74, 6) is -0.293. The van der Waals surface area contributed by atoms with Crippen molar-refractivity contribution in [2.75, 3.05) is 64.3 Å². The van der Waals surface area contributed by atoms with Crippen molar-refractivity contribution < 1.29 is 42.9 Å². The fraction of sp³-hybridized carbons (Fsp3) is 0.531. The van der Waals surface area contributed by atoms with Gasteiger partial charge in [0.25, 0.3) is 5.91 Å². The normalized spacial score (nSPS) is 19.0. The lowest BCUT2D eigenvalue weighted by atomic mass is 9.82. The Hall–Kier alpha value is -5.63. The fourth-order valence-electron chi connectivity index (χ4n) is 9.82. The van der Waals surface area contributed by atoms with Crippen molar-refractivity contribution >= 4 is 35.7 Å². The summed E-state index contributed by atoms with van der Waals surface area (Å²) in [6.07, 6.45) is 2.20. The highest BCUT2D eigenvalue weighted by atomic mass is 16.6. The van der Waals surface area contributed by atoms with Gasteiger partial charge < -0.3 is 39.0 Å². The molecule has 4 heterocycles. The lowest BCUT2D eigenvalue weighted by Crippen LogP contribution is -2.66. The Balaban J connectivity index is 1.05. The van der Waals surface area contributed by atoms with Crippen LogP contribution in [-0.4, -0.2) is 121 Å². The zero-order valence-electron chi connectivity index (χ0n) is 37.3. The number of carbonyl (C=O) groups excluding carboxylic acids is 5. The van der Waals surface area contributed by atoms with Crippen LogP contribution < -0.4 is 15.0 Å². The number of benzene rings is 3. The minimum absolute atomic E-state index is 0.0432. The second-order valence-electron chi connectivity index (χ2n) is 17.2. The molecule has 14 heteroatoms. The molecule has 1 N–H and O–H groups in total. The number of esters is 2. The predicted octanol–water partition coefficient (Wildman–Crippen LogP) is 6.52. The average molecular weight is 866 g/mol. The third-order valence-electron chi connectivity index (χ3n) is 13.3. The number of fused-ring (bicyclic) bond motifs is 1. The molecule has 4 aliphatic rings. The summed E-state index contributed by atoms with van der Waals surface area (Å²) in [5, 5.41) is 3.05. The molecule has 3 fully saturated rings. The molecule has 0 aromatic heterocycles. The number of amides is 4. The van der Waals surface area contributed by atoms with Crippen molar-refractivity contribution in [2.24, 2.45) is 5.92 Å². The Morgan fingerprint density at radius 3 is 2.11 bits per heavy atom. The molecule has 7 rings (SSSR count). The van der Waals surface area contributed by atoms with Crippen LogP contribution in [0, 0.1) is 19.8 Å². The van der Waals surface area contributed by atoms with E-state index < -0.39 is 17.7 Å². The Morgan fingerprint density at radius 1 is 0.794 bits per heavy atom. The van der Waals surface area contributed by atoms with Gasteiger partial charge >= 0.3 is 24.1 Å². The smallest absolute Gasteiger partial charge is 0.410 e. The monoisotopic (exact) mass is 865 g/mol. The molecule has 337 valence electrons. The van der Waals surface area contributed by atoms with Gasteiger partial charge in [-0.2, -0.15) is 4.90 Å². The molecule has 1 atom stereocenters. The molecule has 4 amide bonds. The Morgan fingerprint density at radius 2 is 1.44 bits per heavy atom. The number of nitrogens with one attached hydrogen (secondary N) is 1. The fourth-order valence-corrected chi connectivity index (χ4v) is 9.82. The Labute approximate surface area is 371 Å². The van der Waals surface area contributed by atoms with Crippen LogP contribution in [0.3, 0.4) is 0 Å². The van der Waals surface area contributed by atoms with Crippen molar-refractivity contribution in [1.29, 1.82) is 0 Å². The van der Waals surface area contributed by atoms with Gasteiger partial charge in [0.15, 0.2) is 6.10 Å². The number of anilines is 1. The third kappa shape index (κ3) is 10.6. The van der Waals surface area contributed by atoms with Crippen molar-refractivity contribution in [2.45, 2.75) is 103 Å². The first-order chi connectivity index (χ1) is 30.5. The van der Waals surface area contributed by atoms with E-state index in [0.29, 0.717) is 84.5 Å². The molecule has 3 aromatic rings. The molecule has 14 nitrogen and oxygen atoms in total. The lowest BCUT2D eigenvalue weighted by Gasteiger charge is -2.42. The number of piperidine rings is 3. The van der Waals surface area contributed by atoms with E-state index in [1.54, 1.807) is 23.6 Å². The number of aryl methyl sites for hydroxylation is 2. The molecule has 0 saturated carbocycles. The Kier molecular flexibility index (Phi) is 14.9. The predicted molar refractivity (Wildman–Crippen MR) is 238 cm³/mol. The minimum atomic E-state index is -1.13. The summed E-state index contributed by atoms with van der Waals surface area (Å²) in [6.45, 7) is 11.4. The number of ether oxygens (including phenoxy) is 4. The van der Waals surface area contributed by atoms with Crippen molar-refractivity contribution in [3.05, 3.63) is 94.5 Å². The number of urea groups is 1. The van der Waals surface area contributed by atoms with Crippen LogP contribution in [0.4, 0.5) is 15.3 Å². The van der Waals surface area contributed by atoms with Crippen LogP contribution in [0.1, 0.15) is 80.2 Å². The van der Waals surface area contributed by atoms with E-state index in [1.807, 2.05) is 85.5 Å². The van der Waals surface area contributed by atoms with Crippen LogP contribution in [-0.2, 0) is 48.0 Å². The lowest BCUT2D eigenvalue weighted by molar-refractivity contribution is -0.161. The number of para-hydroxylation sites is 1. The molecular weight excluding hydrogens is 803 g/mol. The molecule has 0 aliphatic carbocycles. The maximum Gasteiger partial charge on any atom is 0.410 e. The van der Waals surface area contributed by atoms with E-state index in [-0.39, 0.29) is 62.0 Å². The van der Waals surface area contributed by atoms with Crippen LogP contribution in [0.25, 0.3) is 0 Å². The zero-order valence-corrected chi connectivity index (χ0v) is 37.3. The van der Waals surface area contributed by atoms with Gasteiger partial charge in [-0.05, 0) is 80.8 Å². The third-order valence-corrected chi connectivity index (χ3v) is 13.3. The maximum atomic E-state index is 14.7. The second-order valence-corrected chi connectivity index (χ2v) is 17.2. The van der Waals surface area contributed by atoms with E-state index in [1.165, 1.54) is 0 Å². The van der Waals surface area contributed by atoms with Gasteiger partial charge in [0.1, 0.15) is 25.4 Å². The van der Waals surface area contributed by atoms with Gasteiger partial charge in [-0.3, -0.25) is 9.59 Å². The molecule has 4 aliphatic heterocycles. The number of likely N-dealkylation sites (tertiary alicyclic amines) is 3. The number of nitrogens with zero attached hydrogens (tertiary/aromatic N) is 4. The summed E-state index contributed by atoms with van der Waals surface area (Å²) < 4.78 is 23.4. The van der Waals surface area contributed by atoms with Gasteiger partial charge in [0.05, 0.1) is 19.1 Å². The summed E-state index contributed by atoms with van der Waals surface area (Å²) in [4.78, 5) is 75.7. The molecular formula is C49H63N5O9+. The van der Waals surface area contributed by atoms with Crippen LogP contribution in [0.15, 0.2) is 66.7 Å². The van der Waals surface area contributed by atoms with Crippen LogP contribution in [0.5, 0.6) is 5.75 Å². The minimum Gasteiger partial charge on any atom is -0.488 e. The standard InChI is InChI=1S/C49H63N5O9/c1-5-60-45(56)39-16-25-53(26-17-39)49(46(57)61-6-2)21-28-51(29-22-49)44(55)42(32-37-30-34(3)43(35(4)31-37)62-33-36-12-8-7-9-13-36)63-48(59)52-23-19-40(20-24-52)54-27-18-38-14-10-11-15-41(38)50-47(54)58/h7-15,30-31,39-40,42H,5-6,16-29,32-33H2,1-4H3,(H,50,58)/q+1/t42-/m1/s1. The molecule has 0 unspecified atom stereocenters. The van der Waals surface area contributed by atoms with E-state index in [2.05, 4.69) is 10.2 Å². The highest BCUT2D eigenvalue weighted by Crippen LogP contribution is 2.34. The quantitative estimate of drug-likeness (QED) is 0.115. The van der Waals surface area contributed by atoms with Crippen LogP contribution >= 0.6 is 0 Å². The average Bonchev–Trinajstić information content (AvgIpc) is 3.46. The summed E-state index contributed by atoms with van der Waals surface area (Å²) >= 11 is 0. The number of hydrogen-bond acceptors (Lipinski definition) is 10. The van der Waals surface area contributed by atoms with Crippen molar-refractivity contribution in [3.63, 3.8) is 0 Å². The first-order valence-electron chi connectivity index (χ1n) is 22.7. The van der Waals surface area contributed by atoms with E-state index in [0.717, 1.165) is 45.7 Å². The SMILES string of the molecule is CCOC(=O)C1CC[N+](C2(C(=O)OCC)CCN(C(=O)[C@@H](Cc3cc(C)c(OCc4ccccc4)c(C)c3)OC(=O)N3CCC(N4CCc5ccccc5NC4=O)CC3)CC2)CC1. The number of rotatable bonds is 13. The topological polar surface area (TPSA) is 150 Å².